The van der Waals surface area contributed by atoms with Gasteiger partial charge in [0.15, 0.2) is 0 Å². The summed E-state index contributed by atoms with van der Waals surface area (Å²) in [7, 11) is 1.71. The molecule has 1 N–H and O–H groups in total. The molecule has 1 atom stereocenters. The summed E-state index contributed by atoms with van der Waals surface area (Å²) in [6.07, 6.45) is 5.24. The molecule has 0 amide bonds. The van der Waals surface area contributed by atoms with Crippen LogP contribution in [0.4, 0.5) is 5.69 Å². The van der Waals surface area contributed by atoms with E-state index in [0.717, 1.165) is 37.4 Å². The largest absolute Gasteiger partial charge is 0.495 e. The average molecular weight is 249 g/mol. The van der Waals surface area contributed by atoms with Crippen molar-refractivity contribution in [3.63, 3.8) is 0 Å². The highest BCUT2D eigenvalue weighted by atomic mass is 16.5. The minimum absolute atomic E-state index is 0.492. The monoisotopic (exact) mass is 249 g/mol. The number of benzene rings is 1. The van der Waals surface area contributed by atoms with Gasteiger partial charge in [-0.25, -0.2) is 0 Å². The Morgan fingerprint density at radius 2 is 2.33 bits per heavy atom. The predicted octanol–water partition coefficient (Wildman–Crippen LogP) is 3.37. The number of ether oxygens (including phenoxy) is 2. The number of hydrogen-bond donors (Lipinski definition) is 1. The van der Waals surface area contributed by atoms with Crippen LogP contribution >= 0.6 is 0 Å². The van der Waals surface area contributed by atoms with Crippen molar-refractivity contribution in [1.29, 1.82) is 0 Å². The van der Waals surface area contributed by atoms with Crippen molar-refractivity contribution in [2.24, 2.45) is 0 Å². The van der Waals surface area contributed by atoms with Gasteiger partial charge < -0.3 is 14.8 Å². The molecule has 1 fully saturated rings. The molecule has 0 aliphatic carbocycles. The number of methoxy groups -OCH3 is 1. The first-order valence-electron chi connectivity index (χ1n) is 6.79. The van der Waals surface area contributed by atoms with Crippen LogP contribution in [-0.2, 0) is 4.74 Å². The normalized spacial score (nSPS) is 18.9. The third-order valence-electron chi connectivity index (χ3n) is 3.40. The summed E-state index contributed by atoms with van der Waals surface area (Å²) < 4.78 is 11.0. The van der Waals surface area contributed by atoms with E-state index >= 15 is 0 Å². The van der Waals surface area contributed by atoms with Crippen molar-refractivity contribution < 1.29 is 9.47 Å². The van der Waals surface area contributed by atoms with Crippen molar-refractivity contribution in [2.45, 2.75) is 38.7 Å². The number of hydrogen-bond acceptors (Lipinski definition) is 3. The molecular weight excluding hydrogens is 226 g/mol. The highest BCUT2D eigenvalue weighted by molar-refractivity contribution is 5.57. The van der Waals surface area contributed by atoms with Crippen LogP contribution in [0.2, 0.25) is 0 Å². The lowest BCUT2D eigenvalue weighted by Crippen LogP contribution is -2.09. The van der Waals surface area contributed by atoms with Gasteiger partial charge in [-0.05, 0) is 50.3 Å². The Bertz CT molecular complexity index is 373. The van der Waals surface area contributed by atoms with E-state index in [1.54, 1.807) is 7.11 Å². The Morgan fingerprint density at radius 3 is 3.06 bits per heavy atom. The molecule has 18 heavy (non-hydrogen) atoms. The highest BCUT2D eigenvalue weighted by Crippen LogP contribution is 2.25. The van der Waals surface area contributed by atoms with Gasteiger partial charge in [-0.15, -0.1) is 0 Å². The van der Waals surface area contributed by atoms with Crippen molar-refractivity contribution in [3.05, 3.63) is 23.8 Å². The summed E-state index contributed by atoms with van der Waals surface area (Å²) in [6.45, 7) is 4.01. The Labute approximate surface area is 109 Å². The maximum absolute atomic E-state index is 5.62. The molecular formula is C15H23NO2. The Kier molecular flexibility index (Phi) is 4.88. The van der Waals surface area contributed by atoms with Gasteiger partial charge in [0.05, 0.1) is 18.9 Å². The zero-order chi connectivity index (χ0) is 12.8. The Hall–Kier alpha value is -1.22. The molecule has 0 aromatic heterocycles. The van der Waals surface area contributed by atoms with E-state index in [1.807, 2.05) is 6.07 Å². The van der Waals surface area contributed by atoms with Crippen LogP contribution in [-0.4, -0.2) is 26.4 Å². The molecule has 2 rings (SSSR count). The van der Waals surface area contributed by atoms with Gasteiger partial charge in [0.2, 0.25) is 0 Å². The number of rotatable bonds is 6. The van der Waals surface area contributed by atoms with Crippen LogP contribution in [0, 0.1) is 6.92 Å². The van der Waals surface area contributed by atoms with Crippen LogP contribution in [0.1, 0.15) is 31.2 Å². The molecule has 1 aliphatic heterocycles. The smallest absolute Gasteiger partial charge is 0.141 e. The second-order valence-electron chi connectivity index (χ2n) is 4.91. The van der Waals surface area contributed by atoms with E-state index in [4.69, 9.17) is 9.47 Å². The molecule has 1 unspecified atom stereocenters. The van der Waals surface area contributed by atoms with Gasteiger partial charge in [0, 0.05) is 13.2 Å². The summed E-state index contributed by atoms with van der Waals surface area (Å²) in [6, 6.07) is 6.21. The third kappa shape index (κ3) is 3.64. The van der Waals surface area contributed by atoms with E-state index in [1.165, 1.54) is 18.4 Å². The van der Waals surface area contributed by atoms with Crippen LogP contribution < -0.4 is 10.1 Å². The molecule has 0 spiro atoms. The van der Waals surface area contributed by atoms with Crippen LogP contribution in [0.25, 0.3) is 0 Å². The second kappa shape index (κ2) is 6.64. The van der Waals surface area contributed by atoms with Gasteiger partial charge >= 0.3 is 0 Å². The molecule has 0 bridgehead atoms. The first kappa shape index (κ1) is 13.2. The maximum atomic E-state index is 5.62. The lowest BCUT2D eigenvalue weighted by Gasteiger charge is -2.13. The number of nitrogens with one attached hydrogen (secondary N) is 1. The van der Waals surface area contributed by atoms with E-state index in [2.05, 4.69) is 24.4 Å². The summed E-state index contributed by atoms with van der Waals surface area (Å²) in [5.74, 6) is 0.915. The Balaban J connectivity index is 1.76. The fourth-order valence-electron chi connectivity index (χ4n) is 2.38. The number of anilines is 1. The molecule has 1 aromatic rings. The van der Waals surface area contributed by atoms with E-state index in [9.17, 15) is 0 Å². The second-order valence-corrected chi connectivity index (χ2v) is 4.91. The van der Waals surface area contributed by atoms with Crippen molar-refractivity contribution in [3.8, 4) is 5.75 Å². The lowest BCUT2D eigenvalue weighted by atomic mass is 10.1. The van der Waals surface area contributed by atoms with Gasteiger partial charge in [-0.1, -0.05) is 6.07 Å². The topological polar surface area (TPSA) is 30.5 Å². The molecule has 1 aromatic carbocycles. The maximum Gasteiger partial charge on any atom is 0.141 e. The predicted molar refractivity (Wildman–Crippen MR) is 74.4 cm³/mol. The Morgan fingerprint density at radius 1 is 1.44 bits per heavy atom. The van der Waals surface area contributed by atoms with Gasteiger partial charge in [0.1, 0.15) is 5.75 Å². The summed E-state index contributed by atoms with van der Waals surface area (Å²) >= 11 is 0. The first-order valence-corrected chi connectivity index (χ1v) is 6.79. The molecule has 1 heterocycles. The minimum atomic E-state index is 0.492. The van der Waals surface area contributed by atoms with Crippen LogP contribution in [0.3, 0.4) is 0 Å². The molecule has 1 saturated heterocycles. The fourth-order valence-corrected chi connectivity index (χ4v) is 2.38. The van der Waals surface area contributed by atoms with Crippen molar-refractivity contribution in [1.82, 2.24) is 0 Å². The summed E-state index contributed by atoms with van der Waals surface area (Å²) in [4.78, 5) is 0. The molecule has 3 nitrogen and oxygen atoms in total. The quantitative estimate of drug-likeness (QED) is 0.784. The van der Waals surface area contributed by atoms with Crippen molar-refractivity contribution in [2.75, 3.05) is 25.6 Å². The van der Waals surface area contributed by atoms with Crippen LogP contribution in [0.15, 0.2) is 18.2 Å². The number of aryl methyl sites for hydroxylation is 1. The SMILES string of the molecule is COc1ccc(C)cc1NCCCC1CCCO1. The van der Waals surface area contributed by atoms with E-state index in [-0.39, 0.29) is 0 Å². The summed E-state index contributed by atoms with van der Waals surface area (Å²) in [5, 5.41) is 3.45. The highest BCUT2D eigenvalue weighted by Gasteiger charge is 2.14. The minimum Gasteiger partial charge on any atom is -0.495 e. The molecule has 0 saturated carbocycles. The average Bonchev–Trinajstić information content (AvgIpc) is 2.88. The van der Waals surface area contributed by atoms with Crippen molar-refractivity contribution >= 4 is 5.69 Å². The van der Waals surface area contributed by atoms with Crippen LogP contribution in [0.5, 0.6) is 5.75 Å². The molecule has 100 valence electrons. The third-order valence-corrected chi connectivity index (χ3v) is 3.40. The first-order chi connectivity index (χ1) is 8.79. The van der Waals surface area contributed by atoms with Gasteiger partial charge in [-0.2, -0.15) is 0 Å². The van der Waals surface area contributed by atoms with E-state index < -0.39 is 0 Å². The fraction of sp³-hybridized carbons (Fsp3) is 0.600. The molecule has 0 radical (unpaired) electrons. The van der Waals surface area contributed by atoms with Gasteiger partial charge in [-0.3, -0.25) is 0 Å². The van der Waals surface area contributed by atoms with Gasteiger partial charge in [0.25, 0.3) is 0 Å². The zero-order valence-electron chi connectivity index (χ0n) is 11.4. The molecule has 3 heteroatoms. The standard InChI is InChI=1S/C15H23NO2/c1-12-7-8-15(17-2)14(11-12)16-9-3-5-13-6-4-10-18-13/h7-8,11,13,16H,3-6,9-10H2,1-2H3. The molecule has 1 aliphatic rings. The lowest BCUT2D eigenvalue weighted by molar-refractivity contribution is 0.103. The summed E-state index contributed by atoms with van der Waals surface area (Å²) in [5.41, 5.74) is 2.34. The van der Waals surface area contributed by atoms with E-state index in [0.29, 0.717) is 6.10 Å². The zero-order valence-corrected chi connectivity index (χ0v) is 11.4.